The number of sulfonamides is 1. The van der Waals surface area contributed by atoms with Gasteiger partial charge in [0.05, 0.1) is 0 Å². The van der Waals surface area contributed by atoms with Crippen LogP contribution < -0.4 is 10.0 Å². The normalized spacial score (nSPS) is 11.6. The summed E-state index contributed by atoms with van der Waals surface area (Å²) in [6, 6.07) is 18.4. The lowest BCUT2D eigenvalue weighted by Crippen LogP contribution is -2.38. The molecule has 0 unspecified atom stereocenters. The van der Waals surface area contributed by atoms with E-state index in [0.717, 1.165) is 40.2 Å². The third kappa shape index (κ3) is 6.87. The van der Waals surface area contributed by atoms with E-state index in [9.17, 15) is 13.2 Å². The zero-order valence-corrected chi connectivity index (χ0v) is 22.9. The summed E-state index contributed by atoms with van der Waals surface area (Å²) >= 11 is 1.22. The van der Waals surface area contributed by atoms with Gasteiger partial charge in [-0.05, 0) is 35.1 Å². The molecule has 0 aliphatic rings. The second-order valence-corrected chi connectivity index (χ2v) is 12.3. The molecule has 2 heterocycles. The molecule has 0 radical (unpaired) electrons. The van der Waals surface area contributed by atoms with Crippen molar-refractivity contribution >= 4 is 27.4 Å². The molecule has 7 nitrogen and oxygen atoms in total. The third-order valence-corrected chi connectivity index (χ3v) is 8.88. The number of thiophene rings is 1. The molecule has 0 saturated heterocycles. The molecule has 194 valence electrons. The van der Waals surface area contributed by atoms with E-state index in [4.69, 9.17) is 0 Å². The molecule has 2 aromatic carbocycles. The number of hydrogen-bond donors (Lipinski definition) is 2. The molecule has 0 bridgehead atoms. The highest BCUT2D eigenvalue weighted by Gasteiger charge is 2.25. The highest BCUT2D eigenvalue weighted by atomic mass is 32.2. The van der Waals surface area contributed by atoms with Gasteiger partial charge in [-0.25, -0.2) is 22.9 Å². The van der Waals surface area contributed by atoms with Crippen LogP contribution in [0.5, 0.6) is 0 Å². The molecule has 9 heteroatoms. The molecule has 0 aliphatic carbocycles. The predicted octanol–water partition coefficient (Wildman–Crippen LogP) is 5.61. The number of aromatic nitrogens is 2. The molecular weight excluding hydrogens is 504 g/mol. The lowest BCUT2D eigenvalue weighted by atomic mass is 10.0. The van der Waals surface area contributed by atoms with E-state index in [0.29, 0.717) is 18.0 Å². The number of urea groups is 1. The van der Waals surface area contributed by atoms with Gasteiger partial charge in [-0.3, -0.25) is 0 Å². The van der Waals surface area contributed by atoms with Crippen LogP contribution in [0.4, 0.5) is 4.79 Å². The van der Waals surface area contributed by atoms with Crippen molar-refractivity contribution in [2.75, 3.05) is 0 Å². The first kappa shape index (κ1) is 26.6. The fourth-order valence-electron chi connectivity index (χ4n) is 4.09. The zero-order chi connectivity index (χ0) is 26.4. The van der Waals surface area contributed by atoms with E-state index in [1.807, 2.05) is 66.9 Å². The van der Waals surface area contributed by atoms with E-state index < -0.39 is 16.1 Å². The summed E-state index contributed by atoms with van der Waals surface area (Å²) in [6.07, 6.45) is 5.37. The largest absolute Gasteiger partial charge is 0.333 e. The van der Waals surface area contributed by atoms with E-state index in [-0.39, 0.29) is 10.8 Å². The van der Waals surface area contributed by atoms with Crippen molar-refractivity contribution in [1.82, 2.24) is 19.6 Å². The molecule has 37 heavy (non-hydrogen) atoms. The molecule has 0 spiro atoms. The van der Waals surface area contributed by atoms with Gasteiger partial charge in [-0.1, -0.05) is 75.4 Å². The molecule has 0 fully saturated rings. The first-order valence-electron chi connectivity index (χ1n) is 12.3. The molecule has 4 aromatic rings. The minimum absolute atomic E-state index is 0.147. The summed E-state index contributed by atoms with van der Waals surface area (Å²) in [5, 5.41) is 2.63. The van der Waals surface area contributed by atoms with Crippen LogP contribution in [0.3, 0.4) is 0 Å². The van der Waals surface area contributed by atoms with E-state index in [1.165, 1.54) is 11.3 Å². The van der Waals surface area contributed by atoms with E-state index in [2.05, 4.69) is 40.4 Å². The van der Waals surface area contributed by atoms with Gasteiger partial charge in [-0.15, -0.1) is 11.3 Å². The third-order valence-electron chi connectivity index (χ3n) is 5.86. The number of nitrogens with one attached hydrogen (secondary N) is 2. The van der Waals surface area contributed by atoms with Crippen molar-refractivity contribution in [2.24, 2.45) is 5.92 Å². The van der Waals surface area contributed by atoms with Crippen molar-refractivity contribution in [3.63, 3.8) is 0 Å². The fraction of sp³-hybridized carbons (Fsp3) is 0.286. The maximum absolute atomic E-state index is 13.3. The quantitative estimate of drug-likeness (QED) is 0.276. The Labute approximate surface area is 222 Å². The standard InChI is InChI=1S/C28H32N4O3S2/c1-4-26-29-14-15-32(26)19-22-10-12-23(13-11-22)25-17-24(16-20(2)3)36-27(25)37(34,35)31-28(33)30-18-21-8-6-5-7-9-21/h5-15,17,20H,4,16,18-19H2,1-3H3,(H2,30,31,33). The number of carbonyl (C=O) groups excluding carboxylic acids is 1. The highest BCUT2D eigenvalue weighted by Crippen LogP contribution is 2.36. The van der Waals surface area contributed by atoms with Crippen LogP contribution in [0.25, 0.3) is 11.1 Å². The molecular formula is C28H32N4O3S2. The monoisotopic (exact) mass is 536 g/mol. The van der Waals surface area contributed by atoms with Gasteiger partial charge in [0, 0.05) is 42.3 Å². The summed E-state index contributed by atoms with van der Waals surface area (Å²) in [5.74, 6) is 1.39. The number of amides is 2. The zero-order valence-electron chi connectivity index (χ0n) is 21.3. The summed E-state index contributed by atoms with van der Waals surface area (Å²) in [4.78, 5) is 17.8. The van der Waals surface area contributed by atoms with Crippen LogP contribution in [0.1, 0.15) is 42.6 Å². The van der Waals surface area contributed by atoms with Gasteiger partial charge in [0.15, 0.2) is 0 Å². The first-order chi connectivity index (χ1) is 17.7. The first-order valence-corrected chi connectivity index (χ1v) is 14.6. The molecule has 0 aliphatic heterocycles. The SMILES string of the molecule is CCc1nccn1Cc1ccc(-c2cc(CC(C)C)sc2S(=O)(=O)NC(=O)NCc2ccccc2)cc1. The number of hydrogen-bond acceptors (Lipinski definition) is 5. The van der Waals surface area contributed by atoms with Crippen molar-refractivity contribution in [1.29, 1.82) is 0 Å². The Hall–Kier alpha value is -3.43. The number of aryl methyl sites for hydroxylation is 1. The maximum atomic E-state index is 13.3. The number of rotatable bonds is 10. The average Bonchev–Trinajstić information content (AvgIpc) is 3.50. The van der Waals surface area contributed by atoms with Gasteiger partial charge < -0.3 is 9.88 Å². The van der Waals surface area contributed by atoms with Gasteiger partial charge in [0.2, 0.25) is 0 Å². The van der Waals surface area contributed by atoms with Crippen LogP contribution >= 0.6 is 11.3 Å². The Balaban J connectivity index is 1.56. The number of nitrogens with zero attached hydrogens (tertiary/aromatic N) is 2. The van der Waals surface area contributed by atoms with E-state index in [1.54, 1.807) is 6.20 Å². The molecule has 4 rings (SSSR count). The lowest BCUT2D eigenvalue weighted by molar-refractivity contribution is 0.245. The van der Waals surface area contributed by atoms with Crippen molar-refractivity contribution in [3.05, 3.63) is 94.9 Å². The number of carbonyl (C=O) groups is 1. The van der Waals surface area contributed by atoms with Gasteiger partial charge in [0.1, 0.15) is 10.0 Å². The van der Waals surface area contributed by atoms with E-state index >= 15 is 0 Å². The second-order valence-electron chi connectivity index (χ2n) is 9.31. The Kier molecular flexibility index (Phi) is 8.45. The van der Waals surface area contributed by atoms with Crippen LogP contribution in [-0.4, -0.2) is 24.0 Å². The average molecular weight is 537 g/mol. The Morgan fingerprint density at radius 3 is 2.46 bits per heavy atom. The molecule has 2 N–H and O–H groups in total. The molecule has 0 saturated carbocycles. The number of benzene rings is 2. The summed E-state index contributed by atoms with van der Waals surface area (Å²) in [6.45, 7) is 7.19. The molecule has 0 atom stereocenters. The molecule has 2 aromatic heterocycles. The van der Waals surface area contributed by atoms with Crippen LogP contribution in [0, 0.1) is 5.92 Å². The second kappa shape index (κ2) is 11.7. The van der Waals surface area contributed by atoms with Gasteiger partial charge >= 0.3 is 6.03 Å². The Bertz CT molecular complexity index is 1440. The highest BCUT2D eigenvalue weighted by molar-refractivity contribution is 7.92. The summed E-state index contributed by atoms with van der Waals surface area (Å²) in [5.41, 5.74) is 3.37. The topological polar surface area (TPSA) is 93.1 Å². The fourth-order valence-corrected chi connectivity index (χ4v) is 6.97. The Morgan fingerprint density at radius 2 is 1.78 bits per heavy atom. The predicted molar refractivity (Wildman–Crippen MR) is 148 cm³/mol. The van der Waals surface area contributed by atoms with Crippen LogP contribution in [0.2, 0.25) is 0 Å². The lowest BCUT2D eigenvalue weighted by Gasteiger charge is -2.10. The van der Waals surface area contributed by atoms with Crippen LogP contribution in [0.15, 0.2) is 77.3 Å². The smallest absolute Gasteiger partial charge is 0.328 e. The van der Waals surface area contributed by atoms with Crippen molar-refractivity contribution in [2.45, 2.75) is 50.9 Å². The molecule has 2 amide bonds. The minimum atomic E-state index is -4.07. The Morgan fingerprint density at radius 1 is 1.05 bits per heavy atom. The summed E-state index contributed by atoms with van der Waals surface area (Å²) in [7, 11) is -4.07. The number of imidazole rings is 1. The minimum Gasteiger partial charge on any atom is -0.333 e. The maximum Gasteiger partial charge on any atom is 0.328 e. The van der Waals surface area contributed by atoms with Gasteiger partial charge in [0.25, 0.3) is 10.0 Å². The summed E-state index contributed by atoms with van der Waals surface area (Å²) < 4.78 is 31.1. The van der Waals surface area contributed by atoms with Crippen molar-refractivity contribution < 1.29 is 13.2 Å². The van der Waals surface area contributed by atoms with Crippen molar-refractivity contribution in [3.8, 4) is 11.1 Å². The van der Waals surface area contributed by atoms with Crippen LogP contribution in [-0.2, 0) is 36.0 Å². The van der Waals surface area contributed by atoms with Gasteiger partial charge in [-0.2, -0.15) is 0 Å².